The minimum absolute atomic E-state index is 0.00764. The van der Waals surface area contributed by atoms with Crippen molar-refractivity contribution in [3.05, 3.63) is 30.1 Å². The molecule has 2 heterocycles. The van der Waals surface area contributed by atoms with Crippen LogP contribution in [-0.4, -0.2) is 67.3 Å². The van der Waals surface area contributed by atoms with Crippen LogP contribution in [0.3, 0.4) is 0 Å². The van der Waals surface area contributed by atoms with Crippen LogP contribution in [0.4, 0.5) is 4.79 Å². The molecule has 0 saturated carbocycles. The summed E-state index contributed by atoms with van der Waals surface area (Å²) in [5.74, 6) is 0. The lowest BCUT2D eigenvalue weighted by Crippen LogP contribution is -2.43. The van der Waals surface area contributed by atoms with E-state index in [4.69, 9.17) is 4.74 Å². The molecule has 1 atom stereocenters. The Hall–Kier alpha value is -1.66. The fourth-order valence-electron chi connectivity index (χ4n) is 2.60. The van der Waals surface area contributed by atoms with Crippen LogP contribution < -0.4 is 5.32 Å². The molecule has 6 heteroatoms. The average molecular weight is 306 g/mol. The predicted molar refractivity (Wildman–Crippen MR) is 85.7 cm³/mol. The summed E-state index contributed by atoms with van der Waals surface area (Å²) >= 11 is 0. The molecular formula is C16H26N4O2. The minimum Gasteiger partial charge on any atom is -0.383 e. The molecule has 1 fully saturated rings. The second-order valence-corrected chi connectivity index (χ2v) is 5.60. The van der Waals surface area contributed by atoms with E-state index in [2.05, 4.69) is 15.2 Å². The molecule has 1 aromatic heterocycles. The van der Waals surface area contributed by atoms with Crippen molar-refractivity contribution >= 4 is 6.03 Å². The topological polar surface area (TPSA) is 57.7 Å². The maximum atomic E-state index is 12.4. The van der Waals surface area contributed by atoms with Gasteiger partial charge in [0.05, 0.1) is 18.3 Å². The molecule has 1 aliphatic heterocycles. The van der Waals surface area contributed by atoms with Crippen molar-refractivity contribution in [2.24, 2.45) is 0 Å². The molecule has 0 bridgehead atoms. The molecule has 0 aromatic carbocycles. The van der Waals surface area contributed by atoms with Crippen molar-refractivity contribution < 1.29 is 9.53 Å². The van der Waals surface area contributed by atoms with Gasteiger partial charge in [-0.15, -0.1) is 0 Å². The third-order valence-corrected chi connectivity index (χ3v) is 3.96. The number of nitrogens with zero attached hydrogens (tertiary/aromatic N) is 3. The molecule has 0 aliphatic carbocycles. The van der Waals surface area contributed by atoms with E-state index in [1.807, 2.05) is 30.0 Å². The van der Waals surface area contributed by atoms with Crippen molar-refractivity contribution in [3.63, 3.8) is 0 Å². The molecule has 2 rings (SSSR count). The van der Waals surface area contributed by atoms with Gasteiger partial charge in [-0.25, -0.2) is 4.79 Å². The van der Waals surface area contributed by atoms with Gasteiger partial charge in [-0.1, -0.05) is 6.07 Å². The van der Waals surface area contributed by atoms with Crippen molar-refractivity contribution in [2.45, 2.75) is 19.4 Å². The predicted octanol–water partition coefficient (Wildman–Crippen LogP) is 1.51. The molecule has 122 valence electrons. The molecule has 0 radical (unpaired) electrons. The van der Waals surface area contributed by atoms with Gasteiger partial charge in [0.2, 0.25) is 0 Å². The van der Waals surface area contributed by atoms with E-state index in [1.165, 1.54) is 0 Å². The standard InChI is InChI=1S/C16H26N4O2/c1-14(15-6-3-4-7-17-15)18-16(21)20-9-5-8-19(10-11-20)12-13-22-2/h3-4,6-7,14H,5,8-13H2,1-2H3,(H,18,21). The van der Waals surface area contributed by atoms with E-state index in [9.17, 15) is 4.79 Å². The van der Waals surface area contributed by atoms with E-state index in [0.29, 0.717) is 0 Å². The number of carbonyl (C=O) groups is 1. The number of ether oxygens (including phenoxy) is 1. The summed E-state index contributed by atoms with van der Waals surface area (Å²) in [5.41, 5.74) is 0.882. The molecule has 0 spiro atoms. The maximum Gasteiger partial charge on any atom is 0.317 e. The van der Waals surface area contributed by atoms with Crippen LogP contribution in [0.5, 0.6) is 0 Å². The van der Waals surface area contributed by atoms with Crippen LogP contribution in [0.2, 0.25) is 0 Å². The number of pyridine rings is 1. The fraction of sp³-hybridized carbons (Fsp3) is 0.625. The summed E-state index contributed by atoms with van der Waals surface area (Å²) in [7, 11) is 1.72. The second kappa shape index (κ2) is 8.70. The number of urea groups is 1. The Morgan fingerprint density at radius 2 is 2.23 bits per heavy atom. The van der Waals surface area contributed by atoms with E-state index < -0.39 is 0 Å². The van der Waals surface area contributed by atoms with Gasteiger partial charge in [0.15, 0.2) is 0 Å². The van der Waals surface area contributed by atoms with E-state index in [1.54, 1.807) is 13.3 Å². The number of amides is 2. The summed E-state index contributed by atoms with van der Waals surface area (Å²) < 4.78 is 5.12. The molecular weight excluding hydrogens is 280 g/mol. The number of hydrogen-bond donors (Lipinski definition) is 1. The van der Waals surface area contributed by atoms with Gasteiger partial charge in [0.1, 0.15) is 0 Å². The summed E-state index contributed by atoms with van der Waals surface area (Å²) in [6.45, 7) is 7.09. The first-order chi connectivity index (χ1) is 10.7. The SMILES string of the molecule is COCCN1CCCN(C(=O)NC(C)c2ccccn2)CC1. The molecule has 1 unspecified atom stereocenters. The average Bonchev–Trinajstić information content (AvgIpc) is 2.79. The van der Waals surface area contributed by atoms with Gasteiger partial charge >= 0.3 is 6.03 Å². The maximum absolute atomic E-state index is 12.4. The Morgan fingerprint density at radius 1 is 1.36 bits per heavy atom. The Balaban J connectivity index is 1.82. The second-order valence-electron chi connectivity index (χ2n) is 5.60. The highest BCUT2D eigenvalue weighted by atomic mass is 16.5. The van der Waals surface area contributed by atoms with Gasteiger partial charge in [-0.2, -0.15) is 0 Å². The molecule has 1 aromatic rings. The monoisotopic (exact) mass is 306 g/mol. The normalized spacial score (nSPS) is 17.8. The first kappa shape index (κ1) is 16.7. The van der Waals surface area contributed by atoms with Gasteiger partial charge in [-0.3, -0.25) is 9.88 Å². The number of methoxy groups -OCH3 is 1. The highest BCUT2D eigenvalue weighted by molar-refractivity contribution is 5.74. The van der Waals surface area contributed by atoms with Crippen molar-refractivity contribution in [1.82, 2.24) is 20.1 Å². The summed E-state index contributed by atoms with van der Waals surface area (Å²) in [5, 5.41) is 3.03. The van der Waals surface area contributed by atoms with Gasteiger partial charge in [-0.05, 0) is 32.0 Å². The smallest absolute Gasteiger partial charge is 0.317 e. The fourth-order valence-corrected chi connectivity index (χ4v) is 2.60. The molecule has 1 aliphatic rings. The summed E-state index contributed by atoms with van der Waals surface area (Å²) in [6, 6.07) is 5.65. The first-order valence-corrected chi connectivity index (χ1v) is 7.88. The Morgan fingerprint density at radius 3 is 2.95 bits per heavy atom. The lowest BCUT2D eigenvalue weighted by molar-refractivity contribution is 0.149. The van der Waals surface area contributed by atoms with Crippen LogP contribution in [0, 0.1) is 0 Å². The highest BCUT2D eigenvalue weighted by Crippen LogP contribution is 2.10. The highest BCUT2D eigenvalue weighted by Gasteiger charge is 2.20. The first-order valence-electron chi connectivity index (χ1n) is 7.88. The van der Waals surface area contributed by atoms with E-state index >= 15 is 0 Å². The zero-order valence-electron chi connectivity index (χ0n) is 13.5. The number of nitrogens with one attached hydrogen (secondary N) is 1. The number of hydrogen-bond acceptors (Lipinski definition) is 4. The summed E-state index contributed by atoms with van der Waals surface area (Å²) in [6.07, 6.45) is 2.74. The number of carbonyl (C=O) groups excluding carboxylic acids is 1. The van der Waals surface area contributed by atoms with Crippen LogP contribution in [0.15, 0.2) is 24.4 Å². The molecule has 2 amide bonds. The third-order valence-electron chi connectivity index (χ3n) is 3.96. The van der Waals surface area contributed by atoms with Crippen LogP contribution in [0.1, 0.15) is 25.1 Å². The van der Waals surface area contributed by atoms with Crippen LogP contribution in [-0.2, 0) is 4.74 Å². The van der Waals surface area contributed by atoms with Gasteiger partial charge in [0, 0.05) is 39.5 Å². The van der Waals surface area contributed by atoms with E-state index in [-0.39, 0.29) is 12.1 Å². The summed E-state index contributed by atoms with van der Waals surface area (Å²) in [4.78, 5) is 20.9. The van der Waals surface area contributed by atoms with E-state index in [0.717, 1.165) is 51.4 Å². The zero-order chi connectivity index (χ0) is 15.8. The molecule has 6 nitrogen and oxygen atoms in total. The van der Waals surface area contributed by atoms with Gasteiger partial charge in [0.25, 0.3) is 0 Å². The van der Waals surface area contributed by atoms with Crippen molar-refractivity contribution in [1.29, 1.82) is 0 Å². The van der Waals surface area contributed by atoms with Crippen LogP contribution in [0.25, 0.3) is 0 Å². The van der Waals surface area contributed by atoms with Crippen molar-refractivity contribution in [3.8, 4) is 0 Å². The quantitative estimate of drug-likeness (QED) is 0.896. The minimum atomic E-state index is -0.0819. The Bertz CT molecular complexity index is 455. The van der Waals surface area contributed by atoms with Crippen molar-refractivity contribution in [2.75, 3.05) is 46.4 Å². The molecule has 1 N–H and O–H groups in total. The number of aromatic nitrogens is 1. The number of rotatable bonds is 5. The van der Waals surface area contributed by atoms with Crippen LogP contribution >= 0.6 is 0 Å². The third kappa shape index (κ3) is 4.96. The largest absolute Gasteiger partial charge is 0.383 e. The zero-order valence-corrected chi connectivity index (χ0v) is 13.5. The lowest BCUT2D eigenvalue weighted by atomic mass is 10.2. The Kier molecular flexibility index (Phi) is 6.61. The molecule has 22 heavy (non-hydrogen) atoms. The van der Waals surface area contributed by atoms with Gasteiger partial charge < -0.3 is 15.0 Å². The molecule has 1 saturated heterocycles. The Labute approximate surface area is 132 Å². The lowest BCUT2D eigenvalue weighted by Gasteiger charge is -2.24.